The van der Waals surface area contributed by atoms with Crippen LogP contribution in [0.4, 0.5) is 4.39 Å². The summed E-state index contributed by atoms with van der Waals surface area (Å²) in [5.41, 5.74) is 3.29. The van der Waals surface area contributed by atoms with Gasteiger partial charge in [-0.1, -0.05) is 13.0 Å². The Morgan fingerprint density at radius 2 is 2.29 bits per heavy atom. The molecule has 0 radical (unpaired) electrons. The number of benzene rings is 1. The number of hydrogen-bond donors (Lipinski definition) is 1. The summed E-state index contributed by atoms with van der Waals surface area (Å²) in [6, 6.07) is 5.76. The van der Waals surface area contributed by atoms with Crippen LogP contribution in [0.5, 0.6) is 0 Å². The molecule has 3 rings (SSSR count). The van der Waals surface area contributed by atoms with Crippen molar-refractivity contribution < 1.29 is 4.39 Å². The highest BCUT2D eigenvalue weighted by Crippen LogP contribution is 2.31. The first kappa shape index (κ1) is 10.8. The molecule has 1 N–H and O–H groups in total. The van der Waals surface area contributed by atoms with Crippen molar-refractivity contribution in [3.8, 4) is 0 Å². The average molecular weight is 232 g/mol. The van der Waals surface area contributed by atoms with E-state index in [0.29, 0.717) is 6.04 Å². The van der Waals surface area contributed by atoms with Gasteiger partial charge in [0.25, 0.3) is 0 Å². The van der Waals surface area contributed by atoms with Crippen LogP contribution in [0.15, 0.2) is 18.2 Å². The standard InChI is InChI=1S/C14H17FN2/c1-3-17-8-13-10(7-9(17)2)14-11(15)5-4-6-12(14)16-13/h4-6,9,16H,3,7-8H2,1-2H3. The largest absolute Gasteiger partial charge is 0.357 e. The fraction of sp³-hybridized carbons (Fsp3) is 0.429. The lowest BCUT2D eigenvalue weighted by atomic mass is 9.97. The summed E-state index contributed by atoms with van der Waals surface area (Å²) in [4.78, 5) is 5.77. The van der Waals surface area contributed by atoms with Crippen LogP contribution in [0.3, 0.4) is 0 Å². The Hall–Kier alpha value is -1.35. The van der Waals surface area contributed by atoms with Gasteiger partial charge >= 0.3 is 0 Å². The molecule has 0 saturated carbocycles. The minimum absolute atomic E-state index is 0.0999. The molecule has 1 aliphatic heterocycles. The summed E-state index contributed by atoms with van der Waals surface area (Å²) in [5.74, 6) is -0.0999. The van der Waals surface area contributed by atoms with Gasteiger partial charge in [-0.2, -0.15) is 0 Å². The Morgan fingerprint density at radius 1 is 1.47 bits per heavy atom. The molecular formula is C14H17FN2. The van der Waals surface area contributed by atoms with Crippen LogP contribution < -0.4 is 0 Å². The molecule has 3 heteroatoms. The molecule has 2 nitrogen and oxygen atoms in total. The van der Waals surface area contributed by atoms with E-state index in [2.05, 4.69) is 23.7 Å². The first-order chi connectivity index (χ1) is 8.20. The van der Waals surface area contributed by atoms with E-state index in [-0.39, 0.29) is 5.82 Å². The molecule has 0 aliphatic carbocycles. The number of hydrogen-bond acceptors (Lipinski definition) is 1. The molecule has 17 heavy (non-hydrogen) atoms. The maximum Gasteiger partial charge on any atom is 0.132 e. The maximum absolute atomic E-state index is 13.9. The van der Waals surface area contributed by atoms with Gasteiger partial charge in [0, 0.05) is 29.2 Å². The molecule has 1 aromatic carbocycles. The van der Waals surface area contributed by atoms with Crippen molar-refractivity contribution >= 4 is 10.9 Å². The van der Waals surface area contributed by atoms with Crippen molar-refractivity contribution in [1.29, 1.82) is 0 Å². The number of nitrogens with one attached hydrogen (secondary N) is 1. The summed E-state index contributed by atoms with van der Waals surface area (Å²) in [6.45, 7) is 6.33. The van der Waals surface area contributed by atoms with Gasteiger partial charge in [-0.3, -0.25) is 4.90 Å². The highest BCUT2D eigenvalue weighted by molar-refractivity contribution is 5.85. The zero-order valence-electron chi connectivity index (χ0n) is 10.3. The number of likely N-dealkylation sites (N-methyl/N-ethyl adjacent to an activating group) is 1. The molecule has 1 aliphatic rings. The van der Waals surface area contributed by atoms with Crippen molar-refractivity contribution in [2.75, 3.05) is 6.54 Å². The topological polar surface area (TPSA) is 19.0 Å². The van der Waals surface area contributed by atoms with Gasteiger partial charge in [0.05, 0.1) is 0 Å². The van der Waals surface area contributed by atoms with E-state index in [0.717, 1.165) is 30.4 Å². The Balaban J connectivity index is 2.18. The van der Waals surface area contributed by atoms with Crippen LogP contribution in [-0.2, 0) is 13.0 Å². The van der Waals surface area contributed by atoms with Crippen molar-refractivity contribution in [2.45, 2.75) is 32.9 Å². The molecule has 2 heterocycles. The fourth-order valence-corrected chi connectivity index (χ4v) is 2.89. The number of halogens is 1. The third-order valence-electron chi connectivity index (χ3n) is 3.86. The number of nitrogens with zero attached hydrogens (tertiary/aromatic N) is 1. The fourth-order valence-electron chi connectivity index (χ4n) is 2.89. The molecule has 0 spiro atoms. The molecule has 0 saturated heterocycles. The number of rotatable bonds is 1. The summed E-state index contributed by atoms with van der Waals surface area (Å²) in [6.07, 6.45) is 0.935. The van der Waals surface area contributed by atoms with Crippen molar-refractivity contribution in [2.24, 2.45) is 0 Å². The lowest BCUT2D eigenvalue weighted by Crippen LogP contribution is -2.37. The predicted molar refractivity (Wildman–Crippen MR) is 67.5 cm³/mol. The average Bonchev–Trinajstić information content (AvgIpc) is 2.66. The van der Waals surface area contributed by atoms with E-state index >= 15 is 0 Å². The zero-order chi connectivity index (χ0) is 12.0. The summed E-state index contributed by atoms with van der Waals surface area (Å²) in [7, 11) is 0. The lowest BCUT2D eigenvalue weighted by molar-refractivity contribution is 0.193. The van der Waals surface area contributed by atoms with Gasteiger partial charge in [0.15, 0.2) is 0 Å². The van der Waals surface area contributed by atoms with E-state index in [1.165, 1.54) is 11.3 Å². The zero-order valence-corrected chi connectivity index (χ0v) is 10.3. The second-order valence-corrected chi connectivity index (χ2v) is 4.86. The molecule has 0 bridgehead atoms. The second-order valence-electron chi connectivity index (χ2n) is 4.86. The van der Waals surface area contributed by atoms with Crippen molar-refractivity contribution in [3.63, 3.8) is 0 Å². The molecule has 0 fully saturated rings. The van der Waals surface area contributed by atoms with E-state index in [4.69, 9.17) is 0 Å². The Bertz CT molecular complexity index is 559. The normalized spacial score (nSPS) is 20.8. The molecule has 2 aromatic rings. The van der Waals surface area contributed by atoms with E-state index in [9.17, 15) is 4.39 Å². The number of aromatic nitrogens is 1. The quantitative estimate of drug-likeness (QED) is 0.800. The monoisotopic (exact) mass is 232 g/mol. The number of aromatic amines is 1. The van der Waals surface area contributed by atoms with Gasteiger partial charge in [-0.15, -0.1) is 0 Å². The third-order valence-corrected chi connectivity index (χ3v) is 3.86. The Kier molecular flexibility index (Phi) is 2.44. The molecule has 1 aromatic heterocycles. The van der Waals surface area contributed by atoms with Gasteiger partial charge < -0.3 is 4.98 Å². The molecule has 0 amide bonds. The first-order valence-electron chi connectivity index (χ1n) is 6.22. The maximum atomic E-state index is 13.9. The van der Waals surface area contributed by atoms with E-state index < -0.39 is 0 Å². The predicted octanol–water partition coefficient (Wildman–Crippen LogP) is 3.07. The minimum atomic E-state index is -0.0999. The van der Waals surface area contributed by atoms with Gasteiger partial charge in [-0.05, 0) is 37.6 Å². The smallest absolute Gasteiger partial charge is 0.132 e. The SMILES string of the molecule is CCN1Cc2[nH]c3cccc(F)c3c2CC1C. The third kappa shape index (κ3) is 1.57. The van der Waals surface area contributed by atoms with Gasteiger partial charge in [0.2, 0.25) is 0 Å². The highest BCUT2D eigenvalue weighted by atomic mass is 19.1. The summed E-state index contributed by atoms with van der Waals surface area (Å²) < 4.78 is 13.9. The van der Waals surface area contributed by atoms with Crippen LogP contribution in [0.1, 0.15) is 25.1 Å². The lowest BCUT2D eigenvalue weighted by Gasteiger charge is -2.32. The van der Waals surface area contributed by atoms with Crippen LogP contribution >= 0.6 is 0 Å². The highest BCUT2D eigenvalue weighted by Gasteiger charge is 2.25. The summed E-state index contributed by atoms with van der Waals surface area (Å²) in [5, 5.41) is 0.796. The van der Waals surface area contributed by atoms with Crippen molar-refractivity contribution in [1.82, 2.24) is 9.88 Å². The van der Waals surface area contributed by atoms with E-state index in [1.54, 1.807) is 12.1 Å². The second kappa shape index (κ2) is 3.84. The molecule has 1 atom stereocenters. The molecular weight excluding hydrogens is 215 g/mol. The number of H-pyrrole nitrogens is 1. The van der Waals surface area contributed by atoms with Gasteiger partial charge in [-0.25, -0.2) is 4.39 Å². The molecule has 1 unspecified atom stereocenters. The van der Waals surface area contributed by atoms with Crippen LogP contribution in [-0.4, -0.2) is 22.5 Å². The molecule has 90 valence electrons. The first-order valence-corrected chi connectivity index (χ1v) is 6.22. The Labute approximate surface area is 100 Å². The van der Waals surface area contributed by atoms with Crippen LogP contribution in [0, 0.1) is 5.82 Å². The minimum Gasteiger partial charge on any atom is -0.357 e. The number of fused-ring (bicyclic) bond motifs is 3. The van der Waals surface area contributed by atoms with E-state index in [1.807, 2.05) is 6.07 Å². The summed E-state index contributed by atoms with van der Waals surface area (Å²) >= 11 is 0. The van der Waals surface area contributed by atoms with Gasteiger partial charge in [0.1, 0.15) is 5.82 Å². The Morgan fingerprint density at radius 3 is 3.06 bits per heavy atom. The van der Waals surface area contributed by atoms with Crippen LogP contribution in [0.2, 0.25) is 0 Å². The van der Waals surface area contributed by atoms with Crippen LogP contribution in [0.25, 0.3) is 10.9 Å². The van der Waals surface area contributed by atoms with Crippen molar-refractivity contribution in [3.05, 3.63) is 35.3 Å².